The van der Waals surface area contributed by atoms with Gasteiger partial charge in [-0.1, -0.05) is 23.7 Å². The Balaban J connectivity index is 2.16. The molecule has 0 aliphatic carbocycles. The van der Waals surface area contributed by atoms with Crippen LogP contribution in [-0.4, -0.2) is 31.8 Å². The maximum atomic E-state index is 12.2. The Morgan fingerprint density at radius 2 is 1.58 bits per heavy atom. The third kappa shape index (κ3) is 4.52. The molecule has 0 saturated heterocycles. The molecule has 0 heterocycles. The molecule has 7 nitrogen and oxygen atoms in total. The molecule has 0 radical (unpaired) electrons. The summed E-state index contributed by atoms with van der Waals surface area (Å²) in [4.78, 5) is 35.7. The average Bonchev–Trinajstić information content (AvgIpc) is 2.62. The quantitative estimate of drug-likeness (QED) is 0.617. The molecule has 2 aromatic carbocycles. The first-order chi connectivity index (χ1) is 12.3. The van der Waals surface area contributed by atoms with E-state index in [4.69, 9.17) is 21.1 Å². The molecule has 2 N–H and O–H groups in total. The van der Waals surface area contributed by atoms with Gasteiger partial charge in [-0.15, -0.1) is 0 Å². The zero-order chi connectivity index (χ0) is 19.3. The highest BCUT2D eigenvalue weighted by Crippen LogP contribution is 2.35. The minimum atomic E-state index is -0.916. The number of nitrogens with one attached hydrogen (secondary N) is 2. The predicted octanol–water partition coefficient (Wildman–Crippen LogP) is 3.14. The molecule has 2 rings (SSSR count). The van der Waals surface area contributed by atoms with Crippen LogP contribution in [0.4, 0.5) is 11.4 Å². The van der Waals surface area contributed by atoms with E-state index in [-0.39, 0.29) is 17.2 Å². The fraction of sp³-hybridized carbons (Fsp3) is 0.167. The van der Waals surface area contributed by atoms with E-state index >= 15 is 0 Å². The number of ketones is 1. The Morgan fingerprint density at radius 1 is 0.923 bits per heavy atom. The summed E-state index contributed by atoms with van der Waals surface area (Å²) >= 11 is 6.00. The lowest BCUT2D eigenvalue weighted by atomic mass is 10.1. The van der Waals surface area contributed by atoms with Gasteiger partial charge in [0.25, 0.3) is 0 Å². The lowest BCUT2D eigenvalue weighted by Crippen LogP contribution is -2.29. The van der Waals surface area contributed by atoms with Crippen LogP contribution in [0, 0.1) is 0 Å². The van der Waals surface area contributed by atoms with Crippen LogP contribution in [0.15, 0.2) is 36.4 Å². The second-order valence-electron chi connectivity index (χ2n) is 5.23. The van der Waals surface area contributed by atoms with E-state index in [1.165, 1.54) is 39.3 Å². The van der Waals surface area contributed by atoms with Gasteiger partial charge in [-0.2, -0.15) is 0 Å². The van der Waals surface area contributed by atoms with Crippen molar-refractivity contribution in [2.24, 2.45) is 0 Å². The standard InChI is InChI=1S/C18H17ClN2O5/c1-10(22)11-5-4-6-12(7-11)20-17(23)18(24)21-14-9-15(25-2)13(19)8-16(14)26-3/h4-9H,1-3H3,(H,20,23)(H,21,24). The highest BCUT2D eigenvalue weighted by Gasteiger charge is 2.18. The maximum Gasteiger partial charge on any atom is 0.314 e. The summed E-state index contributed by atoms with van der Waals surface area (Å²) in [5.41, 5.74) is 0.984. The van der Waals surface area contributed by atoms with E-state index in [1.54, 1.807) is 18.2 Å². The predicted molar refractivity (Wildman–Crippen MR) is 98.3 cm³/mol. The molecule has 0 fully saturated rings. The Labute approximate surface area is 155 Å². The molecule has 2 amide bonds. The monoisotopic (exact) mass is 376 g/mol. The third-order valence-corrected chi connectivity index (χ3v) is 3.75. The maximum absolute atomic E-state index is 12.2. The van der Waals surface area contributed by atoms with Crippen LogP contribution in [0.3, 0.4) is 0 Å². The molecule has 136 valence electrons. The number of rotatable bonds is 5. The van der Waals surface area contributed by atoms with Crippen molar-refractivity contribution in [1.29, 1.82) is 0 Å². The first-order valence-corrected chi connectivity index (χ1v) is 7.88. The van der Waals surface area contributed by atoms with Gasteiger partial charge in [-0.3, -0.25) is 14.4 Å². The van der Waals surface area contributed by atoms with Gasteiger partial charge in [0.2, 0.25) is 0 Å². The van der Waals surface area contributed by atoms with Crippen molar-refractivity contribution >= 4 is 40.6 Å². The van der Waals surface area contributed by atoms with Crippen molar-refractivity contribution in [3.8, 4) is 11.5 Å². The minimum absolute atomic E-state index is 0.149. The topological polar surface area (TPSA) is 93.7 Å². The van der Waals surface area contributed by atoms with E-state index in [2.05, 4.69) is 10.6 Å². The summed E-state index contributed by atoms with van der Waals surface area (Å²) in [7, 11) is 2.83. The second-order valence-corrected chi connectivity index (χ2v) is 5.64. The Bertz CT molecular complexity index is 867. The van der Waals surface area contributed by atoms with Gasteiger partial charge in [0.15, 0.2) is 5.78 Å². The zero-order valence-electron chi connectivity index (χ0n) is 14.4. The second kappa shape index (κ2) is 8.35. The van der Waals surface area contributed by atoms with Crippen LogP contribution in [0.25, 0.3) is 0 Å². The van der Waals surface area contributed by atoms with Gasteiger partial charge in [0.05, 0.1) is 24.9 Å². The number of carbonyl (C=O) groups is 3. The number of ether oxygens (including phenoxy) is 2. The van der Waals surface area contributed by atoms with Crippen LogP contribution in [-0.2, 0) is 9.59 Å². The summed E-state index contributed by atoms with van der Waals surface area (Å²) in [5.74, 6) is -1.38. The van der Waals surface area contributed by atoms with Crippen molar-refractivity contribution in [3.63, 3.8) is 0 Å². The van der Waals surface area contributed by atoms with Gasteiger partial charge in [-0.05, 0) is 19.1 Å². The average molecular weight is 377 g/mol. The van der Waals surface area contributed by atoms with E-state index in [9.17, 15) is 14.4 Å². The lowest BCUT2D eigenvalue weighted by Gasteiger charge is -2.13. The largest absolute Gasteiger partial charge is 0.495 e. The van der Waals surface area contributed by atoms with Crippen molar-refractivity contribution < 1.29 is 23.9 Å². The van der Waals surface area contributed by atoms with E-state index in [0.717, 1.165) is 0 Å². The number of benzene rings is 2. The first kappa shape index (κ1) is 19.3. The van der Waals surface area contributed by atoms with Crippen molar-refractivity contribution in [1.82, 2.24) is 0 Å². The Morgan fingerprint density at radius 3 is 2.19 bits per heavy atom. The van der Waals surface area contributed by atoms with Gasteiger partial charge < -0.3 is 20.1 Å². The summed E-state index contributed by atoms with van der Waals surface area (Å²) in [6.45, 7) is 1.41. The molecular formula is C18H17ClN2O5. The van der Waals surface area contributed by atoms with E-state index in [0.29, 0.717) is 22.0 Å². The summed E-state index contributed by atoms with van der Waals surface area (Å²) < 4.78 is 10.2. The molecule has 0 atom stereocenters. The molecule has 0 bridgehead atoms. The smallest absolute Gasteiger partial charge is 0.314 e. The summed E-state index contributed by atoms with van der Waals surface area (Å²) in [6.07, 6.45) is 0. The lowest BCUT2D eigenvalue weighted by molar-refractivity contribution is -0.133. The first-order valence-electron chi connectivity index (χ1n) is 7.50. The highest BCUT2D eigenvalue weighted by atomic mass is 35.5. The van der Waals surface area contributed by atoms with Crippen LogP contribution in [0.1, 0.15) is 17.3 Å². The molecule has 0 saturated carbocycles. The van der Waals surface area contributed by atoms with Crippen LogP contribution >= 0.6 is 11.6 Å². The highest BCUT2D eigenvalue weighted by molar-refractivity contribution is 6.44. The van der Waals surface area contributed by atoms with Crippen LogP contribution in [0.5, 0.6) is 11.5 Å². The SMILES string of the molecule is COc1cc(NC(=O)C(=O)Nc2cccc(C(C)=O)c2)c(OC)cc1Cl. The summed E-state index contributed by atoms with van der Waals surface area (Å²) in [5, 5.41) is 5.17. The molecule has 0 unspecified atom stereocenters. The van der Waals surface area contributed by atoms with Gasteiger partial charge >= 0.3 is 11.8 Å². The molecule has 0 spiro atoms. The number of methoxy groups -OCH3 is 2. The van der Waals surface area contributed by atoms with Crippen molar-refractivity contribution in [2.75, 3.05) is 24.9 Å². The fourth-order valence-corrected chi connectivity index (χ4v) is 2.37. The molecular weight excluding hydrogens is 360 g/mol. The van der Waals surface area contributed by atoms with Gasteiger partial charge in [-0.25, -0.2) is 0 Å². The van der Waals surface area contributed by atoms with E-state index in [1.807, 2.05) is 0 Å². The minimum Gasteiger partial charge on any atom is -0.495 e. The van der Waals surface area contributed by atoms with Gasteiger partial charge in [0.1, 0.15) is 11.5 Å². The number of anilines is 2. The number of carbonyl (C=O) groups excluding carboxylic acids is 3. The number of hydrogen-bond acceptors (Lipinski definition) is 5. The molecule has 0 aliphatic rings. The normalized spacial score (nSPS) is 10.0. The number of amides is 2. The molecule has 2 aromatic rings. The fourth-order valence-electron chi connectivity index (χ4n) is 2.14. The Hall–Kier alpha value is -3.06. The van der Waals surface area contributed by atoms with Crippen LogP contribution in [0.2, 0.25) is 5.02 Å². The number of hydrogen-bond donors (Lipinski definition) is 2. The van der Waals surface area contributed by atoms with Gasteiger partial charge in [0, 0.05) is 23.4 Å². The van der Waals surface area contributed by atoms with Crippen molar-refractivity contribution in [2.45, 2.75) is 6.92 Å². The molecule has 0 aromatic heterocycles. The molecule has 8 heteroatoms. The zero-order valence-corrected chi connectivity index (χ0v) is 15.1. The summed E-state index contributed by atoms with van der Waals surface area (Å²) in [6, 6.07) is 9.19. The third-order valence-electron chi connectivity index (χ3n) is 3.46. The molecule has 0 aliphatic heterocycles. The number of halogens is 1. The van der Waals surface area contributed by atoms with Crippen LogP contribution < -0.4 is 20.1 Å². The Kier molecular flexibility index (Phi) is 6.19. The van der Waals surface area contributed by atoms with E-state index < -0.39 is 11.8 Å². The molecule has 26 heavy (non-hydrogen) atoms. The van der Waals surface area contributed by atoms with Crippen molar-refractivity contribution in [3.05, 3.63) is 47.0 Å². The number of Topliss-reactive ketones (excluding diaryl/α,β-unsaturated/α-hetero) is 1.